The third-order valence-electron chi connectivity index (χ3n) is 5.90. The largest absolute Gasteiger partial charge is 0.478 e. The lowest BCUT2D eigenvalue weighted by Gasteiger charge is -2.10. The summed E-state index contributed by atoms with van der Waals surface area (Å²) >= 11 is 0. The highest BCUT2D eigenvalue weighted by molar-refractivity contribution is 5.89. The summed E-state index contributed by atoms with van der Waals surface area (Å²) < 4.78 is 10.7. The van der Waals surface area contributed by atoms with E-state index >= 15 is 0 Å². The molecular weight excluding hydrogens is 498 g/mol. The lowest BCUT2D eigenvalue weighted by Crippen LogP contribution is -2.19. The Kier molecular flexibility index (Phi) is 11.9. The molecule has 0 aromatic heterocycles. The molecule has 0 aliphatic carbocycles. The van der Waals surface area contributed by atoms with Gasteiger partial charge in [0, 0.05) is 0 Å². The van der Waals surface area contributed by atoms with Crippen molar-refractivity contribution in [3.05, 3.63) is 106 Å². The summed E-state index contributed by atoms with van der Waals surface area (Å²) in [6.07, 6.45) is 0.191. The first-order valence-electron chi connectivity index (χ1n) is 12.4. The summed E-state index contributed by atoms with van der Waals surface area (Å²) in [5, 5.41) is 25.8. The topological polar surface area (TPSA) is 134 Å². The molecule has 4 rings (SSSR count). The van der Waals surface area contributed by atoms with Crippen LogP contribution in [0.15, 0.2) is 72.8 Å². The predicted molar refractivity (Wildman–Crippen MR) is 146 cm³/mol. The van der Waals surface area contributed by atoms with Crippen molar-refractivity contribution in [3.63, 3.8) is 0 Å². The van der Waals surface area contributed by atoms with Crippen molar-refractivity contribution in [3.8, 4) is 6.07 Å². The predicted octanol–water partition coefficient (Wildman–Crippen LogP) is 5.86. The molecule has 1 saturated heterocycles. The molecule has 3 atom stereocenters. The van der Waals surface area contributed by atoms with Gasteiger partial charge in [0.15, 0.2) is 0 Å². The van der Waals surface area contributed by atoms with Gasteiger partial charge in [0.1, 0.15) is 12.7 Å². The van der Waals surface area contributed by atoms with Gasteiger partial charge in [-0.3, -0.25) is 0 Å². The Morgan fingerprint density at radius 3 is 1.51 bits per heavy atom. The van der Waals surface area contributed by atoms with E-state index in [-0.39, 0.29) is 30.7 Å². The fraction of sp³-hybridized carbons (Fsp3) is 0.290. The maximum atomic E-state index is 11.8. The summed E-state index contributed by atoms with van der Waals surface area (Å²) in [4.78, 5) is 32.4. The highest BCUT2D eigenvalue weighted by Gasteiger charge is 2.32. The van der Waals surface area contributed by atoms with Gasteiger partial charge < -0.3 is 19.7 Å². The van der Waals surface area contributed by atoms with Crippen LogP contribution in [0.25, 0.3) is 0 Å². The second kappa shape index (κ2) is 15.1. The van der Waals surface area contributed by atoms with Crippen LogP contribution in [0, 0.1) is 38.0 Å². The number of hydrogen-bond donors (Lipinski definition) is 2. The Labute approximate surface area is 228 Å². The van der Waals surface area contributed by atoms with Crippen LogP contribution in [-0.2, 0) is 9.47 Å². The van der Waals surface area contributed by atoms with Crippen molar-refractivity contribution in [2.75, 3.05) is 6.61 Å². The molecule has 204 valence electrons. The van der Waals surface area contributed by atoms with Gasteiger partial charge in [-0.2, -0.15) is 5.26 Å². The lowest BCUT2D eigenvalue weighted by molar-refractivity contribution is 0.00359. The molecule has 0 spiro atoms. The number of nitriles is 1. The van der Waals surface area contributed by atoms with Crippen molar-refractivity contribution >= 4 is 17.9 Å². The Bertz CT molecular complexity index is 1220. The number of benzene rings is 3. The number of rotatable bonds is 5. The Hall–Kier alpha value is -4.48. The van der Waals surface area contributed by atoms with Crippen molar-refractivity contribution in [1.29, 1.82) is 5.26 Å². The summed E-state index contributed by atoms with van der Waals surface area (Å²) in [6.45, 7) is 7.98. The van der Waals surface area contributed by atoms with Gasteiger partial charge in [-0.15, -0.1) is 0 Å². The minimum absolute atomic E-state index is 0.172. The quantitative estimate of drug-likeness (QED) is 0.391. The van der Waals surface area contributed by atoms with E-state index < -0.39 is 11.9 Å². The SMILES string of the molecule is Cc1ccc(C(=O)O)cc1.Cc1ccc(C(=O)O)cc1.Cc1ccc(C(=O)OC[C@@H]2CC(C)[C@H](C#N)O2)cc1. The first-order valence-corrected chi connectivity index (χ1v) is 12.4. The molecule has 1 heterocycles. The van der Waals surface area contributed by atoms with Crippen molar-refractivity contribution < 1.29 is 34.1 Å². The first-order chi connectivity index (χ1) is 18.5. The molecule has 2 N–H and O–H groups in total. The van der Waals surface area contributed by atoms with Crippen LogP contribution in [0.5, 0.6) is 0 Å². The van der Waals surface area contributed by atoms with E-state index in [4.69, 9.17) is 24.9 Å². The van der Waals surface area contributed by atoms with Gasteiger partial charge in [-0.05, 0) is 69.5 Å². The van der Waals surface area contributed by atoms with E-state index in [1.54, 1.807) is 60.7 Å². The molecule has 0 amide bonds. The summed E-state index contributed by atoms with van der Waals surface area (Å²) in [6, 6.07) is 22.8. The molecule has 0 saturated carbocycles. The molecule has 1 aliphatic rings. The normalized spacial score (nSPS) is 17.4. The van der Waals surface area contributed by atoms with E-state index in [0.717, 1.165) is 23.1 Å². The molecule has 1 unspecified atom stereocenters. The van der Waals surface area contributed by atoms with Crippen LogP contribution in [0.2, 0.25) is 0 Å². The number of ether oxygens (including phenoxy) is 2. The van der Waals surface area contributed by atoms with E-state index in [2.05, 4.69) is 6.07 Å². The van der Waals surface area contributed by atoms with Gasteiger partial charge in [-0.25, -0.2) is 14.4 Å². The lowest BCUT2D eigenvalue weighted by atomic mass is 10.0. The maximum absolute atomic E-state index is 11.8. The van der Waals surface area contributed by atoms with Crippen LogP contribution < -0.4 is 0 Å². The number of hydrogen-bond acceptors (Lipinski definition) is 6. The summed E-state index contributed by atoms with van der Waals surface area (Å²) in [5.74, 6) is -1.91. The molecule has 0 bridgehead atoms. The number of carbonyl (C=O) groups is 3. The maximum Gasteiger partial charge on any atom is 0.338 e. The van der Waals surface area contributed by atoms with Crippen LogP contribution in [0.4, 0.5) is 0 Å². The number of nitrogens with zero attached hydrogens (tertiary/aromatic N) is 1. The highest BCUT2D eigenvalue weighted by Crippen LogP contribution is 2.25. The molecule has 0 radical (unpaired) electrons. The second-order valence-electron chi connectivity index (χ2n) is 9.33. The Morgan fingerprint density at radius 2 is 1.18 bits per heavy atom. The van der Waals surface area contributed by atoms with Crippen LogP contribution in [-0.4, -0.2) is 46.9 Å². The molecule has 8 heteroatoms. The molecule has 1 aliphatic heterocycles. The van der Waals surface area contributed by atoms with Gasteiger partial charge in [0.05, 0.1) is 28.9 Å². The van der Waals surface area contributed by atoms with Gasteiger partial charge >= 0.3 is 17.9 Å². The Morgan fingerprint density at radius 1 is 0.795 bits per heavy atom. The molecule has 1 fully saturated rings. The third kappa shape index (κ3) is 10.4. The minimum atomic E-state index is -0.875. The number of carboxylic acid groups (broad SMARTS) is 2. The zero-order valence-corrected chi connectivity index (χ0v) is 22.5. The number of aryl methyl sites for hydroxylation is 3. The van der Waals surface area contributed by atoms with Crippen LogP contribution in [0.3, 0.4) is 0 Å². The number of esters is 1. The Balaban J connectivity index is 0.000000225. The first kappa shape index (κ1) is 30.7. The average Bonchev–Trinajstić information content (AvgIpc) is 3.28. The molecular formula is C31H33NO7. The zero-order valence-electron chi connectivity index (χ0n) is 22.5. The average molecular weight is 532 g/mol. The fourth-order valence-electron chi connectivity index (χ4n) is 3.53. The van der Waals surface area contributed by atoms with Crippen LogP contribution in [0.1, 0.15) is 61.1 Å². The number of aromatic carboxylic acids is 2. The van der Waals surface area contributed by atoms with E-state index in [1.807, 2.05) is 39.8 Å². The van der Waals surface area contributed by atoms with Gasteiger partial charge in [0.25, 0.3) is 0 Å². The van der Waals surface area contributed by atoms with Crippen LogP contribution >= 0.6 is 0 Å². The third-order valence-corrected chi connectivity index (χ3v) is 5.90. The van der Waals surface area contributed by atoms with Crippen molar-refractivity contribution in [2.24, 2.45) is 5.92 Å². The van der Waals surface area contributed by atoms with E-state index in [1.165, 1.54) is 0 Å². The summed E-state index contributed by atoms with van der Waals surface area (Å²) in [7, 11) is 0. The molecule has 8 nitrogen and oxygen atoms in total. The van der Waals surface area contributed by atoms with E-state index in [0.29, 0.717) is 16.7 Å². The van der Waals surface area contributed by atoms with Gasteiger partial charge in [0.2, 0.25) is 0 Å². The molecule has 3 aromatic carbocycles. The molecule has 39 heavy (non-hydrogen) atoms. The molecule has 3 aromatic rings. The highest BCUT2D eigenvalue weighted by atomic mass is 16.6. The smallest absolute Gasteiger partial charge is 0.338 e. The van der Waals surface area contributed by atoms with Crippen molar-refractivity contribution in [1.82, 2.24) is 0 Å². The number of carboxylic acids is 2. The fourth-order valence-corrected chi connectivity index (χ4v) is 3.53. The van der Waals surface area contributed by atoms with Crippen molar-refractivity contribution in [2.45, 2.75) is 46.3 Å². The monoisotopic (exact) mass is 531 g/mol. The zero-order chi connectivity index (χ0) is 28.9. The van der Waals surface area contributed by atoms with E-state index in [9.17, 15) is 14.4 Å². The minimum Gasteiger partial charge on any atom is -0.478 e. The standard InChI is InChI=1S/C15H17NO3.2C8H8O2/c1-10-3-5-12(6-4-10)15(17)18-9-13-7-11(2)14(8-16)19-13;2*1-6-2-4-7(5-3-6)8(9)10/h3-6,11,13-14H,7,9H2,1-2H3;2*2-5H,1H3,(H,9,10)/t11?,13-,14-;;/m0../s1. The number of carbonyl (C=O) groups excluding carboxylic acids is 1. The second-order valence-corrected chi connectivity index (χ2v) is 9.33. The van der Waals surface area contributed by atoms with Gasteiger partial charge in [-0.1, -0.05) is 60.0 Å². The summed E-state index contributed by atoms with van der Waals surface area (Å²) in [5.41, 5.74) is 4.46.